The number of hydrogen-bond donors (Lipinski definition) is 0. The number of likely N-dealkylation sites (N-methyl/N-ethyl adjacent to an activating group) is 1. The van der Waals surface area contributed by atoms with Gasteiger partial charge in [0, 0.05) is 6.04 Å². The molecule has 0 N–H and O–H groups in total. The molecule has 1 heteroatoms. The Hall–Kier alpha value is -0.820. The molecule has 0 spiro atoms. The van der Waals surface area contributed by atoms with Gasteiger partial charge in [-0.1, -0.05) is 44.2 Å². The SMILES string of the molecule is CCN(CC)C(C)Cc1ccccc1. The Morgan fingerprint density at radius 3 is 2.14 bits per heavy atom. The minimum atomic E-state index is 0.646. The number of hydrogen-bond acceptors (Lipinski definition) is 1. The lowest BCUT2D eigenvalue weighted by Gasteiger charge is -2.26. The highest BCUT2D eigenvalue weighted by molar-refractivity contribution is 5.15. The summed E-state index contributed by atoms with van der Waals surface area (Å²) in [4.78, 5) is 2.49. The summed E-state index contributed by atoms with van der Waals surface area (Å²) in [6.45, 7) is 9.05. The van der Waals surface area contributed by atoms with Crippen molar-refractivity contribution < 1.29 is 0 Å². The third-order valence-electron chi connectivity index (χ3n) is 2.81. The van der Waals surface area contributed by atoms with E-state index >= 15 is 0 Å². The van der Waals surface area contributed by atoms with Gasteiger partial charge in [-0.2, -0.15) is 0 Å². The van der Waals surface area contributed by atoms with Crippen molar-refractivity contribution in [2.24, 2.45) is 0 Å². The van der Waals surface area contributed by atoms with Crippen LogP contribution < -0.4 is 0 Å². The van der Waals surface area contributed by atoms with Crippen molar-refractivity contribution in [3.8, 4) is 0 Å². The molecule has 0 radical (unpaired) electrons. The Kier molecular flexibility index (Phi) is 4.68. The zero-order chi connectivity index (χ0) is 10.4. The number of nitrogens with zero attached hydrogens (tertiary/aromatic N) is 1. The summed E-state index contributed by atoms with van der Waals surface area (Å²) in [6.07, 6.45) is 1.16. The highest BCUT2D eigenvalue weighted by Crippen LogP contribution is 2.07. The smallest absolute Gasteiger partial charge is 0.0107 e. The van der Waals surface area contributed by atoms with Crippen LogP contribution in [0.5, 0.6) is 0 Å². The number of benzene rings is 1. The molecule has 0 saturated carbocycles. The van der Waals surface area contributed by atoms with Gasteiger partial charge in [-0.15, -0.1) is 0 Å². The van der Waals surface area contributed by atoms with E-state index in [1.165, 1.54) is 5.56 Å². The summed E-state index contributed by atoms with van der Waals surface area (Å²) in [5.41, 5.74) is 1.44. The van der Waals surface area contributed by atoms with Gasteiger partial charge in [0.2, 0.25) is 0 Å². The average Bonchev–Trinajstić information content (AvgIpc) is 2.21. The van der Waals surface area contributed by atoms with Gasteiger partial charge in [0.1, 0.15) is 0 Å². The molecule has 1 nitrogen and oxygen atoms in total. The summed E-state index contributed by atoms with van der Waals surface area (Å²) in [6, 6.07) is 11.4. The maximum absolute atomic E-state index is 2.49. The lowest BCUT2D eigenvalue weighted by Crippen LogP contribution is -2.34. The van der Waals surface area contributed by atoms with E-state index in [2.05, 4.69) is 56.0 Å². The van der Waals surface area contributed by atoms with Crippen LogP contribution in [-0.4, -0.2) is 24.0 Å². The molecule has 0 heterocycles. The predicted octanol–water partition coefficient (Wildman–Crippen LogP) is 2.96. The molecule has 1 aromatic rings. The Labute approximate surface area is 87.7 Å². The molecule has 78 valence electrons. The first-order valence-electron chi connectivity index (χ1n) is 5.55. The monoisotopic (exact) mass is 191 g/mol. The van der Waals surface area contributed by atoms with Crippen molar-refractivity contribution in [1.29, 1.82) is 0 Å². The van der Waals surface area contributed by atoms with E-state index < -0.39 is 0 Å². The molecular formula is C13H21N. The largest absolute Gasteiger partial charge is 0.301 e. The second-order valence-corrected chi connectivity index (χ2v) is 3.76. The minimum absolute atomic E-state index is 0.646. The summed E-state index contributed by atoms with van der Waals surface area (Å²) < 4.78 is 0. The van der Waals surface area contributed by atoms with Crippen LogP contribution in [0.25, 0.3) is 0 Å². The van der Waals surface area contributed by atoms with Crippen molar-refractivity contribution >= 4 is 0 Å². The first kappa shape index (κ1) is 11.3. The van der Waals surface area contributed by atoms with Crippen molar-refractivity contribution in [3.63, 3.8) is 0 Å². The lowest BCUT2D eigenvalue weighted by atomic mass is 10.1. The molecule has 0 aliphatic rings. The van der Waals surface area contributed by atoms with Crippen molar-refractivity contribution in [2.75, 3.05) is 13.1 Å². The molecule has 0 aromatic heterocycles. The zero-order valence-corrected chi connectivity index (χ0v) is 9.53. The molecule has 14 heavy (non-hydrogen) atoms. The van der Waals surface area contributed by atoms with E-state index in [0.717, 1.165) is 19.5 Å². The van der Waals surface area contributed by atoms with Crippen molar-refractivity contribution in [1.82, 2.24) is 4.90 Å². The van der Waals surface area contributed by atoms with Crippen LogP contribution in [0.2, 0.25) is 0 Å². The second kappa shape index (κ2) is 5.82. The van der Waals surface area contributed by atoms with Gasteiger partial charge in [-0.3, -0.25) is 0 Å². The Balaban J connectivity index is 2.52. The summed E-state index contributed by atoms with van der Waals surface area (Å²) >= 11 is 0. The minimum Gasteiger partial charge on any atom is -0.301 e. The van der Waals surface area contributed by atoms with Crippen LogP contribution in [0.1, 0.15) is 26.3 Å². The molecule has 1 rings (SSSR count). The van der Waals surface area contributed by atoms with E-state index in [0.29, 0.717) is 6.04 Å². The topological polar surface area (TPSA) is 3.24 Å². The molecule has 0 aliphatic heterocycles. The van der Waals surface area contributed by atoms with Crippen LogP contribution >= 0.6 is 0 Å². The van der Waals surface area contributed by atoms with Gasteiger partial charge in [-0.05, 0) is 32.0 Å². The first-order valence-corrected chi connectivity index (χ1v) is 5.55. The normalized spacial score (nSPS) is 13.1. The molecule has 0 bridgehead atoms. The van der Waals surface area contributed by atoms with E-state index in [1.807, 2.05) is 0 Å². The Morgan fingerprint density at radius 1 is 1.07 bits per heavy atom. The van der Waals surface area contributed by atoms with Gasteiger partial charge in [0.25, 0.3) is 0 Å². The van der Waals surface area contributed by atoms with Gasteiger partial charge in [-0.25, -0.2) is 0 Å². The van der Waals surface area contributed by atoms with E-state index in [-0.39, 0.29) is 0 Å². The fraction of sp³-hybridized carbons (Fsp3) is 0.538. The predicted molar refractivity (Wildman–Crippen MR) is 62.5 cm³/mol. The van der Waals surface area contributed by atoms with Crippen LogP contribution in [0, 0.1) is 0 Å². The number of rotatable bonds is 5. The fourth-order valence-electron chi connectivity index (χ4n) is 1.93. The molecule has 0 fully saturated rings. The van der Waals surface area contributed by atoms with Crippen molar-refractivity contribution in [3.05, 3.63) is 35.9 Å². The van der Waals surface area contributed by atoms with Crippen LogP contribution in [-0.2, 0) is 6.42 Å². The maximum Gasteiger partial charge on any atom is 0.0107 e. The van der Waals surface area contributed by atoms with Gasteiger partial charge >= 0.3 is 0 Å². The third-order valence-corrected chi connectivity index (χ3v) is 2.81. The fourth-order valence-corrected chi connectivity index (χ4v) is 1.93. The van der Waals surface area contributed by atoms with Crippen LogP contribution in [0.3, 0.4) is 0 Å². The second-order valence-electron chi connectivity index (χ2n) is 3.76. The molecule has 0 aliphatic carbocycles. The van der Waals surface area contributed by atoms with E-state index in [1.54, 1.807) is 0 Å². The molecular weight excluding hydrogens is 170 g/mol. The Bertz CT molecular complexity index is 239. The molecule has 1 aromatic carbocycles. The standard InChI is InChI=1S/C13H21N/c1-4-14(5-2)12(3)11-13-9-7-6-8-10-13/h6-10,12H,4-5,11H2,1-3H3. The van der Waals surface area contributed by atoms with Crippen LogP contribution in [0.15, 0.2) is 30.3 Å². The van der Waals surface area contributed by atoms with Gasteiger partial charge < -0.3 is 4.90 Å². The quantitative estimate of drug-likeness (QED) is 0.691. The van der Waals surface area contributed by atoms with E-state index in [4.69, 9.17) is 0 Å². The lowest BCUT2D eigenvalue weighted by molar-refractivity contribution is 0.230. The third kappa shape index (κ3) is 3.15. The molecule has 1 atom stereocenters. The molecule has 0 amide bonds. The zero-order valence-electron chi connectivity index (χ0n) is 9.53. The highest BCUT2D eigenvalue weighted by Gasteiger charge is 2.09. The van der Waals surface area contributed by atoms with E-state index in [9.17, 15) is 0 Å². The maximum atomic E-state index is 2.49. The molecule has 0 saturated heterocycles. The Morgan fingerprint density at radius 2 is 1.64 bits per heavy atom. The summed E-state index contributed by atoms with van der Waals surface area (Å²) in [7, 11) is 0. The average molecular weight is 191 g/mol. The van der Waals surface area contributed by atoms with Gasteiger partial charge in [0.05, 0.1) is 0 Å². The van der Waals surface area contributed by atoms with Gasteiger partial charge in [0.15, 0.2) is 0 Å². The van der Waals surface area contributed by atoms with Crippen LogP contribution in [0.4, 0.5) is 0 Å². The van der Waals surface area contributed by atoms with Crippen molar-refractivity contribution in [2.45, 2.75) is 33.2 Å². The molecule has 1 unspecified atom stereocenters. The highest BCUT2D eigenvalue weighted by atomic mass is 15.1. The summed E-state index contributed by atoms with van der Waals surface area (Å²) in [5.74, 6) is 0. The first-order chi connectivity index (χ1) is 6.77. The summed E-state index contributed by atoms with van der Waals surface area (Å²) in [5, 5.41) is 0.